The van der Waals surface area contributed by atoms with Gasteiger partial charge in [0, 0.05) is 29.9 Å². The van der Waals surface area contributed by atoms with Crippen molar-refractivity contribution in [2.75, 3.05) is 19.1 Å². The Kier molecular flexibility index (Phi) is 4.63. The molecule has 0 fully saturated rings. The van der Waals surface area contributed by atoms with E-state index in [9.17, 15) is 0 Å². The monoisotopic (exact) mass is 381 g/mol. The molecule has 0 spiro atoms. The third kappa shape index (κ3) is 2.49. The fourth-order valence-corrected chi connectivity index (χ4v) is 3.61. The Bertz CT molecular complexity index is 847. The number of ether oxygens (including phenoxy) is 1. The van der Waals surface area contributed by atoms with Gasteiger partial charge in [0.1, 0.15) is 5.75 Å². The summed E-state index contributed by atoms with van der Waals surface area (Å²) in [6, 6.07) is 25.6. The van der Waals surface area contributed by atoms with E-state index in [4.69, 9.17) is 4.74 Å². The minimum absolute atomic E-state index is 0. The summed E-state index contributed by atoms with van der Waals surface area (Å²) in [6.45, 7) is 0. The molecule has 0 bridgehead atoms. The van der Waals surface area contributed by atoms with Gasteiger partial charge in [-0.15, -0.1) is 17.0 Å². The quantitative estimate of drug-likeness (QED) is 0.578. The van der Waals surface area contributed by atoms with Crippen molar-refractivity contribution >= 4 is 28.4 Å². The predicted octanol–water partition coefficient (Wildman–Crippen LogP) is 5.53. The molecule has 0 saturated heterocycles. The molecule has 4 rings (SSSR count). The number of anilines is 2. The van der Waals surface area contributed by atoms with Gasteiger partial charge in [0.25, 0.3) is 0 Å². The van der Waals surface area contributed by atoms with E-state index in [-0.39, 0.29) is 22.9 Å². The van der Waals surface area contributed by atoms with E-state index in [1.54, 1.807) is 7.11 Å². The third-order valence-corrected chi connectivity index (χ3v) is 4.66. The number of para-hydroxylation sites is 1. The van der Waals surface area contributed by atoms with Crippen molar-refractivity contribution < 1.29 is 4.74 Å². The Hall–Kier alpha value is -2.26. The van der Waals surface area contributed by atoms with Crippen LogP contribution in [-0.2, 0) is 0 Å². The lowest BCUT2D eigenvalue weighted by molar-refractivity contribution is 0.409. The summed E-state index contributed by atoms with van der Waals surface area (Å²) >= 11 is 0. The maximum absolute atomic E-state index is 5.70. The van der Waals surface area contributed by atoms with Gasteiger partial charge in [-0.1, -0.05) is 54.6 Å². The largest absolute Gasteiger partial charge is 0.496 e. The Balaban J connectivity index is 0.00000169. The van der Waals surface area contributed by atoms with E-state index >= 15 is 0 Å². The summed E-state index contributed by atoms with van der Waals surface area (Å²) in [7, 11) is 3.87. The second kappa shape index (κ2) is 6.70. The average molecular weight is 382 g/mol. The van der Waals surface area contributed by atoms with E-state index in [2.05, 4.69) is 84.7 Å². The molecule has 24 heavy (non-hydrogen) atoms. The highest BCUT2D eigenvalue weighted by atomic mass is 79.9. The number of fused-ring (bicyclic) bond motifs is 2. The molecular formula is C21H20BrNO. The Labute approximate surface area is 153 Å². The molecule has 0 radical (unpaired) electrons. The van der Waals surface area contributed by atoms with Crippen molar-refractivity contribution in [1.82, 2.24) is 0 Å². The SMILES string of the molecule is Br.COc1cccc2c1C(c1ccccc1)c1ccccc1N2C. The van der Waals surface area contributed by atoms with Crippen molar-refractivity contribution in [3.05, 3.63) is 89.5 Å². The molecule has 1 unspecified atom stereocenters. The maximum Gasteiger partial charge on any atom is 0.125 e. The smallest absolute Gasteiger partial charge is 0.125 e. The van der Waals surface area contributed by atoms with E-state index in [1.807, 2.05) is 0 Å². The fraction of sp³-hybridized carbons (Fsp3) is 0.143. The normalized spacial score (nSPS) is 15.1. The average Bonchev–Trinajstić information content (AvgIpc) is 2.62. The highest BCUT2D eigenvalue weighted by Gasteiger charge is 2.32. The zero-order valence-corrected chi connectivity index (χ0v) is 15.5. The number of hydrogen-bond donors (Lipinski definition) is 0. The molecule has 0 aliphatic carbocycles. The maximum atomic E-state index is 5.70. The minimum Gasteiger partial charge on any atom is -0.496 e. The highest BCUT2D eigenvalue weighted by molar-refractivity contribution is 8.93. The van der Waals surface area contributed by atoms with Gasteiger partial charge in [-0.3, -0.25) is 0 Å². The molecule has 0 aromatic heterocycles. The third-order valence-electron chi connectivity index (χ3n) is 4.66. The van der Waals surface area contributed by atoms with Crippen LogP contribution in [0.1, 0.15) is 22.6 Å². The summed E-state index contributed by atoms with van der Waals surface area (Å²) in [4.78, 5) is 2.26. The molecule has 1 heterocycles. The summed E-state index contributed by atoms with van der Waals surface area (Å²) in [5.74, 6) is 1.13. The first-order valence-corrected chi connectivity index (χ1v) is 7.85. The van der Waals surface area contributed by atoms with Crippen LogP contribution in [0, 0.1) is 0 Å². The molecular weight excluding hydrogens is 362 g/mol. The van der Waals surface area contributed by atoms with E-state index in [1.165, 1.54) is 28.1 Å². The van der Waals surface area contributed by atoms with Crippen LogP contribution in [0.15, 0.2) is 72.8 Å². The van der Waals surface area contributed by atoms with Crippen LogP contribution < -0.4 is 9.64 Å². The molecule has 2 nitrogen and oxygen atoms in total. The summed E-state index contributed by atoms with van der Waals surface area (Å²) in [6.07, 6.45) is 0. The fourth-order valence-electron chi connectivity index (χ4n) is 3.61. The van der Waals surface area contributed by atoms with Crippen molar-refractivity contribution in [1.29, 1.82) is 0 Å². The highest BCUT2D eigenvalue weighted by Crippen LogP contribution is 2.50. The lowest BCUT2D eigenvalue weighted by Crippen LogP contribution is -2.22. The van der Waals surface area contributed by atoms with Gasteiger partial charge >= 0.3 is 0 Å². The zero-order valence-electron chi connectivity index (χ0n) is 13.8. The topological polar surface area (TPSA) is 12.5 Å². The van der Waals surface area contributed by atoms with Crippen molar-refractivity contribution in [3.63, 3.8) is 0 Å². The van der Waals surface area contributed by atoms with Crippen LogP contribution in [0.3, 0.4) is 0 Å². The van der Waals surface area contributed by atoms with Gasteiger partial charge in [0.2, 0.25) is 0 Å². The number of hydrogen-bond acceptors (Lipinski definition) is 2. The lowest BCUT2D eigenvalue weighted by Gasteiger charge is -2.36. The van der Waals surface area contributed by atoms with Crippen LogP contribution in [-0.4, -0.2) is 14.2 Å². The van der Waals surface area contributed by atoms with Gasteiger partial charge in [0.15, 0.2) is 0 Å². The molecule has 0 N–H and O–H groups in total. The molecule has 1 aliphatic heterocycles. The first kappa shape index (κ1) is 16.6. The number of halogens is 1. The van der Waals surface area contributed by atoms with Crippen molar-refractivity contribution in [2.24, 2.45) is 0 Å². The van der Waals surface area contributed by atoms with E-state index in [0.29, 0.717) is 0 Å². The van der Waals surface area contributed by atoms with Crippen molar-refractivity contribution in [2.45, 2.75) is 5.92 Å². The molecule has 1 aliphatic rings. The second-order valence-corrected chi connectivity index (χ2v) is 5.85. The summed E-state index contributed by atoms with van der Waals surface area (Å²) in [5.41, 5.74) is 6.30. The minimum atomic E-state index is 0. The first-order chi connectivity index (χ1) is 11.3. The Morgan fingerprint density at radius 2 is 1.46 bits per heavy atom. The van der Waals surface area contributed by atoms with E-state index in [0.717, 1.165) is 5.75 Å². The second-order valence-electron chi connectivity index (χ2n) is 5.85. The summed E-state index contributed by atoms with van der Waals surface area (Å²) < 4.78 is 5.70. The van der Waals surface area contributed by atoms with Gasteiger partial charge in [-0.2, -0.15) is 0 Å². The molecule has 0 amide bonds. The van der Waals surface area contributed by atoms with Crippen LogP contribution >= 0.6 is 17.0 Å². The first-order valence-electron chi connectivity index (χ1n) is 7.85. The predicted molar refractivity (Wildman–Crippen MR) is 105 cm³/mol. The zero-order chi connectivity index (χ0) is 15.8. The molecule has 1 atom stereocenters. The number of rotatable bonds is 2. The number of benzene rings is 3. The van der Waals surface area contributed by atoms with Gasteiger partial charge < -0.3 is 9.64 Å². The standard InChI is InChI=1S/C21H19NO.BrH/c1-22-17-12-7-6-11-16(17)20(15-9-4-3-5-10-15)21-18(22)13-8-14-19(21)23-2;/h3-14,20H,1-2H3;1H. The molecule has 122 valence electrons. The Morgan fingerprint density at radius 3 is 2.21 bits per heavy atom. The van der Waals surface area contributed by atoms with Gasteiger partial charge in [-0.25, -0.2) is 0 Å². The molecule has 3 heteroatoms. The number of nitrogens with zero attached hydrogens (tertiary/aromatic N) is 1. The van der Waals surface area contributed by atoms with Crippen LogP contribution in [0.25, 0.3) is 0 Å². The van der Waals surface area contributed by atoms with E-state index < -0.39 is 0 Å². The Morgan fingerprint density at radius 1 is 0.792 bits per heavy atom. The van der Waals surface area contributed by atoms with Gasteiger partial charge in [0.05, 0.1) is 7.11 Å². The van der Waals surface area contributed by atoms with Crippen LogP contribution in [0.4, 0.5) is 11.4 Å². The molecule has 3 aromatic carbocycles. The van der Waals surface area contributed by atoms with Crippen LogP contribution in [0.2, 0.25) is 0 Å². The number of methoxy groups -OCH3 is 1. The summed E-state index contributed by atoms with van der Waals surface area (Å²) in [5, 5.41) is 0. The van der Waals surface area contributed by atoms with Gasteiger partial charge in [-0.05, 0) is 29.3 Å². The lowest BCUT2D eigenvalue weighted by atomic mass is 9.80. The molecule has 0 saturated carbocycles. The van der Waals surface area contributed by atoms with Crippen molar-refractivity contribution in [3.8, 4) is 5.75 Å². The van der Waals surface area contributed by atoms with Crippen LogP contribution in [0.5, 0.6) is 5.75 Å². The molecule has 3 aromatic rings.